The van der Waals surface area contributed by atoms with Crippen molar-refractivity contribution in [3.63, 3.8) is 0 Å². The monoisotopic (exact) mass is 452 g/mol. The summed E-state index contributed by atoms with van der Waals surface area (Å²) in [4.78, 5) is 29.9. The summed E-state index contributed by atoms with van der Waals surface area (Å²) in [5, 5.41) is 8.15. The first-order valence-corrected chi connectivity index (χ1v) is 12.6. The van der Waals surface area contributed by atoms with Gasteiger partial charge in [-0.25, -0.2) is 18.1 Å². The molecule has 1 amide bonds. The highest BCUT2D eigenvalue weighted by Gasteiger charge is 2.34. The van der Waals surface area contributed by atoms with Crippen LogP contribution in [-0.4, -0.2) is 46.4 Å². The van der Waals surface area contributed by atoms with Crippen LogP contribution in [0.15, 0.2) is 30.3 Å². The highest BCUT2D eigenvalue weighted by molar-refractivity contribution is 7.91. The van der Waals surface area contributed by atoms with E-state index in [1.165, 1.54) is 6.92 Å². The minimum absolute atomic E-state index is 0.0396. The number of sulfone groups is 1. The molecular formula is C23H24N4O4S. The number of rotatable bonds is 5. The average molecular weight is 453 g/mol. The van der Waals surface area contributed by atoms with Crippen LogP contribution in [-0.2, 0) is 9.84 Å². The molecule has 1 N–H and O–H groups in total. The number of fused-ring (bicyclic) bond motifs is 1. The Bertz CT molecular complexity index is 1370. The van der Waals surface area contributed by atoms with Gasteiger partial charge in [-0.2, -0.15) is 5.10 Å². The molecule has 0 radical (unpaired) electrons. The minimum Gasteiger partial charge on any atom is -0.322 e. The molecule has 32 heavy (non-hydrogen) atoms. The Kier molecular flexibility index (Phi) is 4.88. The largest absolute Gasteiger partial charge is 0.322 e. The number of hydrogen-bond acceptors (Lipinski definition) is 6. The maximum atomic E-state index is 13.3. The minimum atomic E-state index is -3.09. The number of nitrogens with zero attached hydrogens (tertiary/aromatic N) is 3. The third-order valence-corrected chi connectivity index (χ3v) is 7.93. The number of hydrogen-bond donors (Lipinski definition) is 1. The highest BCUT2D eigenvalue weighted by atomic mass is 32.2. The molecule has 1 unspecified atom stereocenters. The lowest BCUT2D eigenvalue weighted by Gasteiger charge is -2.12. The Labute approximate surface area is 185 Å². The third kappa shape index (κ3) is 3.81. The van der Waals surface area contributed by atoms with Gasteiger partial charge in [0.25, 0.3) is 5.91 Å². The summed E-state index contributed by atoms with van der Waals surface area (Å²) in [6.07, 6.45) is 2.53. The zero-order valence-corrected chi connectivity index (χ0v) is 18.8. The Morgan fingerprint density at radius 2 is 1.94 bits per heavy atom. The van der Waals surface area contributed by atoms with Gasteiger partial charge in [0.15, 0.2) is 21.3 Å². The van der Waals surface area contributed by atoms with Crippen molar-refractivity contribution in [2.45, 2.75) is 45.1 Å². The third-order valence-electron chi connectivity index (χ3n) is 6.18. The fourth-order valence-corrected chi connectivity index (χ4v) is 6.03. The van der Waals surface area contributed by atoms with Crippen LogP contribution in [0.5, 0.6) is 0 Å². The van der Waals surface area contributed by atoms with E-state index >= 15 is 0 Å². The Morgan fingerprint density at radius 1 is 1.16 bits per heavy atom. The molecule has 1 saturated carbocycles. The van der Waals surface area contributed by atoms with Crippen LogP contribution in [0.2, 0.25) is 0 Å². The summed E-state index contributed by atoms with van der Waals surface area (Å²) in [6, 6.07) is 8.38. The lowest BCUT2D eigenvalue weighted by atomic mass is 10.1. The smallest absolute Gasteiger partial charge is 0.256 e. The molecule has 0 spiro atoms. The van der Waals surface area contributed by atoms with Gasteiger partial charge in [0.1, 0.15) is 0 Å². The van der Waals surface area contributed by atoms with Gasteiger partial charge in [-0.05, 0) is 51.3 Å². The van der Waals surface area contributed by atoms with Crippen molar-refractivity contribution in [2.24, 2.45) is 0 Å². The molecule has 1 atom stereocenters. The fraction of sp³-hybridized carbons (Fsp3) is 0.391. The molecule has 1 saturated heterocycles. The first kappa shape index (κ1) is 20.8. The molecule has 3 aromatic rings. The highest BCUT2D eigenvalue weighted by Crippen LogP contribution is 2.41. The molecule has 1 aromatic carbocycles. The number of aryl methyl sites for hydroxylation is 1. The second kappa shape index (κ2) is 7.51. The quantitative estimate of drug-likeness (QED) is 0.594. The van der Waals surface area contributed by atoms with Gasteiger partial charge in [-0.3, -0.25) is 9.59 Å². The molecular weight excluding hydrogens is 428 g/mol. The summed E-state index contributed by atoms with van der Waals surface area (Å²) in [6.45, 7) is 3.30. The molecule has 0 bridgehead atoms. The van der Waals surface area contributed by atoms with E-state index in [0.717, 1.165) is 18.5 Å². The molecule has 2 fully saturated rings. The van der Waals surface area contributed by atoms with Crippen LogP contribution in [0.25, 0.3) is 11.0 Å². The standard InChI is InChI=1S/C23H24N4O4S/c1-13-21-19(23(29)24-17-5-3-4-16(10-17)14(2)28)11-20(15-6-7-15)25-22(21)27(26-13)18-8-9-32(30,31)12-18/h3-5,10-11,15,18H,6-9,12H2,1-2H3,(H,24,29). The van der Waals surface area contributed by atoms with Gasteiger partial charge in [0.2, 0.25) is 0 Å². The zero-order valence-electron chi connectivity index (χ0n) is 18.0. The lowest BCUT2D eigenvalue weighted by molar-refractivity contribution is 0.101. The number of anilines is 1. The van der Waals surface area contributed by atoms with Gasteiger partial charge in [-0.15, -0.1) is 0 Å². The topological polar surface area (TPSA) is 111 Å². The van der Waals surface area contributed by atoms with Crippen LogP contribution < -0.4 is 5.32 Å². The van der Waals surface area contributed by atoms with E-state index in [2.05, 4.69) is 10.4 Å². The molecule has 166 valence electrons. The second-order valence-electron chi connectivity index (χ2n) is 8.75. The molecule has 8 nitrogen and oxygen atoms in total. The summed E-state index contributed by atoms with van der Waals surface area (Å²) in [5.74, 6) is 0.106. The van der Waals surface area contributed by atoms with Crippen molar-refractivity contribution in [1.82, 2.24) is 14.8 Å². The number of carbonyl (C=O) groups is 2. The summed E-state index contributed by atoms with van der Waals surface area (Å²) in [7, 11) is -3.09. The predicted molar refractivity (Wildman–Crippen MR) is 121 cm³/mol. The van der Waals surface area contributed by atoms with Gasteiger partial charge >= 0.3 is 0 Å². The number of nitrogens with one attached hydrogen (secondary N) is 1. The number of Topliss-reactive ketones (excluding diaryl/α,β-unsaturated/α-hetero) is 1. The number of pyridine rings is 1. The lowest BCUT2D eigenvalue weighted by Crippen LogP contribution is -2.15. The Hall–Kier alpha value is -3.07. The second-order valence-corrected chi connectivity index (χ2v) is 11.0. The van der Waals surface area contributed by atoms with Crippen molar-refractivity contribution in [2.75, 3.05) is 16.8 Å². The predicted octanol–water partition coefficient (Wildman–Crippen LogP) is 3.43. The van der Waals surface area contributed by atoms with Crippen molar-refractivity contribution in [1.29, 1.82) is 0 Å². The zero-order chi connectivity index (χ0) is 22.6. The maximum absolute atomic E-state index is 13.3. The molecule has 2 aliphatic rings. The van der Waals surface area contributed by atoms with E-state index in [9.17, 15) is 18.0 Å². The SMILES string of the molecule is CC(=O)c1cccc(NC(=O)c2cc(C3CC3)nc3c2c(C)nn3C2CCS(=O)(=O)C2)c1. The fourth-order valence-electron chi connectivity index (χ4n) is 4.34. The van der Waals surface area contributed by atoms with Crippen molar-refractivity contribution in [3.05, 3.63) is 52.8 Å². The average Bonchev–Trinajstić information content (AvgIpc) is 3.46. The molecule has 2 aromatic heterocycles. The molecule has 1 aliphatic carbocycles. The van der Waals surface area contributed by atoms with E-state index in [4.69, 9.17) is 4.98 Å². The van der Waals surface area contributed by atoms with E-state index in [-0.39, 0.29) is 29.2 Å². The summed E-state index contributed by atoms with van der Waals surface area (Å²) >= 11 is 0. The van der Waals surface area contributed by atoms with E-state index < -0.39 is 9.84 Å². The number of amides is 1. The van der Waals surface area contributed by atoms with E-state index in [1.54, 1.807) is 28.9 Å². The van der Waals surface area contributed by atoms with Gasteiger partial charge in [-0.1, -0.05) is 12.1 Å². The molecule has 3 heterocycles. The number of ketones is 1. The van der Waals surface area contributed by atoms with Gasteiger partial charge in [0, 0.05) is 22.9 Å². The van der Waals surface area contributed by atoms with Crippen LogP contribution in [0.3, 0.4) is 0 Å². The molecule has 9 heteroatoms. The van der Waals surface area contributed by atoms with E-state index in [0.29, 0.717) is 45.9 Å². The van der Waals surface area contributed by atoms with E-state index in [1.807, 2.05) is 13.0 Å². The maximum Gasteiger partial charge on any atom is 0.256 e. The van der Waals surface area contributed by atoms with Crippen molar-refractivity contribution in [3.8, 4) is 0 Å². The van der Waals surface area contributed by atoms with Crippen molar-refractivity contribution < 1.29 is 18.0 Å². The van der Waals surface area contributed by atoms with Crippen LogP contribution in [0.1, 0.15) is 70.2 Å². The number of benzene rings is 1. The first-order valence-electron chi connectivity index (χ1n) is 10.7. The van der Waals surface area contributed by atoms with Crippen LogP contribution in [0, 0.1) is 6.92 Å². The normalized spacial score (nSPS) is 19.9. The van der Waals surface area contributed by atoms with Gasteiger partial charge in [0.05, 0.1) is 34.2 Å². The van der Waals surface area contributed by atoms with Gasteiger partial charge < -0.3 is 5.32 Å². The first-order chi connectivity index (χ1) is 15.2. The number of aromatic nitrogens is 3. The number of carbonyl (C=O) groups excluding carboxylic acids is 2. The van der Waals surface area contributed by atoms with Crippen molar-refractivity contribution >= 4 is 38.2 Å². The summed E-state index contributed by atoms with van der Waals surface area (Å²) in [5.41, 5.74) is 3.57. The Balaban J connectivity index is 1.59. The molecule has 5 rings (SSSR count). The summed E-state index contributed by atoms with van der Waals surface area (Å²) < 4.78 is 25.8. The molecule has 1 aliphatic heterocycles. The van der Waals surface area contributed by atoms with Crippen LogP contribution in [0.4, 0.5) is 5.69 Å². The Morgan fingerprint density at radius 3 is 2.59 bits per heavy atom. The van der Waals surface area contributed by atoms with Crippen LogP contribution >= 0.6 is 0 Å².